The summed E-state index contributed by atoms with van der Waals surface area (Å²) < 4.78 is 0. The fourth-order valence-electron chi connectivity index (χ4n) is 2.29. The third kappa shape index (κ3) is 2.70. The maximum atomic E-state index is 12.2. The monoisotopic (exact) mass is 262 g/mol. The Morgan fingerprint density at radius 2 is 2.16 bits per heavy atom. The van der Waals surface area contributed by atoms with Crippen LogP contribution in [0, 0.1) is 0 Å². The molecule has 102 valence electrons. The van der Waals surface area contributed by atoms with Gasteiger partial charge in [-0.2, -0.15) is 0 Å². The summed E-state index contributed by atoms with van der Waals surface area (Å²) in [5, 5.41) is 12.5. The highest BCUT2D eigenvalue weighted by Gasteiger charge is 2.31. The molecule has 0 spiro atoms. The summed E-state index contributed by atoms with van der Waals surface area (Å²) in [5.41, 5.74) is 0.697. The molecule has 0 aromatic heterocycles. The molecule has 0 aliphatic carbocycles. The van der Waals surface area contributed by atoms with E-state index in [4.69, 9.17) is 0 Å². The van der Waals surface area contributed by atoms with Gasteiger partial charge in [0.25, 0.3) is 0 Å². The van der Waals surface area contributed by atoms with Gasteiger partial charge in [0.15, 0.2) is 0 Å². The van der Waals surface area contributed by atoms with E-state index in [0.717, 1.165) is 0 Å². The Morgan fingerprint density at radius 3 is 2.74 bits per heavy atom. The van der Waals surface area contributed by atoms with Crippen molar-refractivity contribution in [1.29, 1.82) is 0 Å². The molecule has 2 N–H and O–H groups in total. The molecule has 2 unspecified atom stereocenters. The highest BCUT2D eigenvalue weighted by molar-refractivity contribution is 5.90. The Labute approximate surface area is 112 Å². The molecular formula is C14H18N2O3. The molecule has 2 rings (SSSR count). The second kappa shape index (κ2) is 5.30. The molecule has 2 atom stereocenters. The van der Waals surface area contributed by atoms with Gasteiger partial charge >= 0.3 is 0 Å². The Kier molecular flexibility index (Phi) is 3.74. The molecule has 5 nitrogen and oxygen atoms in total. The summed E-state index contributed by atoms with van der Waals surface area (Å²) in [4.78, 5) is 25.0. The second-order valence-electron chi connectivity index (χ2n) is 4.84. The van der Waals surface area contributed by atoms with E-state index in [9.17, 15) is 14.7 Å². The summed E-state index contributed by atoms with van der Waals surface area (Å²) in [6.07, 6.45) is 0.935. The first-order valence-electron chi connectivity index (χ1n) is 6.34. The van der Waals surface area contributed by atoms with Crippen molar-refractivity contribution in [2.24, 2.45) is 0 Å². The number of amides is 2. The zero-order valence-electron chi connectivity index (χ0n) is 11.1. The molecule has 0 bridgehead atoms. The highest BCUT2D eigenvalue weighted by atomic mass is 16.3. The van der Waals surface area contributed by atoms with E-state index in [1.165, 1.54) is 0 Å². The van der Waals surface area contributed by atoms with Gasteiger partial charge in [0.1, 0.15) is 11.8 Å². The minimum atomic E-state index is -0.439. The van der Waals surface area contributed by atoms with Crippen molar-refractivity contribution in [3.8, 4) is 5.75 Å². The van der Waals surface area contributed by atoms with E-state index in [1.54, 1.807) is 30.1 Å². The van der Waals surface area contributed by atoms with Gasteiger partial charge in [-0.1, -0.05) is 18.2 Å². The van der Waals surface area contributed by atoms with Crippen LogP contribution in [0.1, 0.15) is 31.4 Å². The van der Waals surface area contributed by atoms with Gasteiger partial charge in [-0.25, -0.2) is 0 Å². The number of hydrogen-bond acceptors (Lipinski definition) is 3. The molecule has 5 heteroatoms. The van der Waals surface area contributed by atoms with Crippen LogP contribution in [0.4, 0.5) is 0 Å². The molecule has 1 aromatic carbocycles. The number of carbonyl (C=O) groups is 2. The lowest BCUT2D eigenvalue weighted by Gasteiger charge is -2.28. The number of nitrogens with zero attached hydrogens (tertiary/aromatic N) is 1. The molecule has 0 saturated carbocycles. The van der Waals surface area contributed by atoms with Crippen molar-refractivity contribution >= 4 is 11.8 Å². The van der Waals surface area contributed by atoms with Crippen LogP contribution in [0.15, 0.2) is 24.3 Å². The van der Waals surface area contributed by atoms with Gasteiger partial charge in [0, 0.05) is 19.0 Å². The number of nitrogens with one attached hydrogen (secondary N) is 1. The van der Waals surface area contributed by atoms with E-state index in [1.807, 2.05) is 13.0 Å². The molecule has 2 amide bonds. The Hall–Kier alpha value is -2.04. The summed E-state index contributed by atoms with van der Waals surface area (Å²) in [6, 6.07) is 6.27. The van der Waals surface area contributed by atoms with E-state index >= 15 is 0 Å². The van der Waals surface area contributed by atoms with Crippen molar-refractivity contribution in [3.05, 3.63) is 29.8 Å². The normalized spacial score (nSPS) is 19.9. The summed E-state index contributed by atoms with van der Waals surface area (Å²) >= 11 is 0. The van der Waals surface area contributed by atoms with Crippen LogP contribution >= 0.6 is 0 Å². The van der Waals surface area contributed by atoms with Crippen molar-refractivity contribution in [2.75, 3.05) is 7.05 Å². The van der Waals surface area contributed by atoms with E-state index in [0.29, 0.717) is 18.4 Å². The molecule has 1 aliphatic heterocycles. The van der Waals surface area contributed by atoms with E-state index < -0.39 is 6.04 Å². The number of phenolic OH excluding ortho intramolecular Hbond substituents is 1. The fourth-order valence-corrected chi connectivity index (χ4v) is 2.29. The Bertz CT molecular complexity index is 501. The minimum Gasteiger partial charge on any atom is -0.508 e. The van der Waals surface area contributed by atoms with Gasteiger partial charge in [-0.05, 0) is 19.4 Å². The number of rotatable bonds is 3. The van der Waals surface area contributed by atoms with Gasteiger partial charge in [-0.15, -0.1) is 0 Å². The predicted octanol–water partition coefficient (Wildman–Crippen LogP) is 1.19. The van der Waals surface area contributed by atoms with Crippen LogP contribution in [0.25, 0.3) is 0 Å². The Balaban J connectivity index is 2.11. The maximum Gasteiger partial charge on any atom is 0.245 e. The Morgan fingerprint density at radius 1 is 1.47 bits per heavy atom. The van der Waals surface area contributed by atoms with Gasteiger partial charge in [0.2, 0.25) is 11.8 Å². The van der Waals surface area contributed by atoms with Crippen molar-refractivity contribution in [3.63, 3.8) is 0 Å². The molecule has 1 saturated heterocycles. The van der Waals surface area contributed by atoms with E-state index in [2.05, 4.69) is 5.32 Å². The van der Waals surface area contributed by atoms with Crippen LogP contribution in [0.5, 0.6) is 5.75 Å². The largest absolute Gasteiger partial charge is 0.508 e. The number of benzene rings is 1. The number of aromatic hydroxyl groups is 1. The fraction of sp³-hybridized carbons (Fsp3) is 0.429. The molecule has 1 aromatic rings. The van der Waals surface area contributed by atoms with Gasteiger partial charge in [0.05, 0.1) is 6.04 Å². The average Bonchev–Trinajstić information content (AvgIpc) is 2.83. The first kappa shape index (κ1) is 13.4. The second-order valence-corrected chi connectivity index (χ2v) is 4.84. The quantitative estimate of drug-likeness (QED) is 0.859. The highest BCUT2D eigenvalue weighted by Crippen LogP contribution is 2.28. The minimum absolute atomic E-state index is 0.0815. The smallest absolute Gasteiger partial charge is 0.245 e. The first-order chi connectivity index (χ1) is 9.00. The van der Waals surface area contributed by atoms with Gasteiger partial charge < -0.3 is 15.3 Å². The van der Waals surface area contributed by atoms with Crippen LogP contribution in [0.3, 0.4) is 0 Å². The number of para-hydroxylation sites is 1. The number of likely N-dealkylation sites (N-methyl/N-ethyl adjacent to an activating group) is 1. The average molecular weight is 262 g/mol. The molecule has 1 aliphatic rings. The van der Waals surface area contributed by atoms with Crippen molar-refractivity contribution < 1.29 is 14.7 Å². The molecule has 1 fully saturated rings. The third-order valence-electron chi connectivity index (χ3n) is 3.61. The number of hydrogen-bond donors (Lipinski definition) is 2. The topological polar surface area (TPSA) is 69.6 Å². The molecule has 0 radical (unpaired) electrons. The molecule has 1 heterocycles. The van der Waals surface area contributed by atoms with Crippen LogP contribution in [-0.4, -0.2) is 34.9 Å². The predicted molar refractivity (Wildman–Crippen MR) is 70.5 cm³/mol. The summed E-state index contributed by atoms with van der Waals surface area (Å²) in [6.45, 7) is 1.85. The maximum absolute atomic E-state index is 12.2. The van der Waals surface area contributed by atoms with Crippen LogP contribution in [-0.2, 0) is 9.59 Å². The summed E-state index contributed by atoms with van der Waals surface area (Å²) in [7, 11) is 1.68. The van der Waals surface area contributed by atoms with Crippen molar-refractivity contribution in [2.45, 2.75) is 31.8 Å². The van der Waals surface area contributed by atoms with E-state index in [-0.39, 0.29) is 23.6 Å². The van der Waals surface area contributed by atoms with Crippen LogP contribution in [0.2, 0.25) is 0 Å². The zero-order chi connectivity index (χ0) is 14.0. The summed E-state index contributed by atoms with van der Waals surface area (Å²) in [5.74, 6) is -0.0336. The SMILES string of the molecule is CC(c1ccccc1O)N(C)C(=O)C1CCC(=O)N1. The van der Waals surface area contributed by atoms with Crippen molar-refractivity contribution in [1.82, 2.24) is 10.2 Å². The lowest BCUT2D eigenvalue weighted by molar-refractivity contribution is -0.135. The third-order valence-corrected chi connectivity index (χ3v) is 3.61. The zero-order valence-corrected chi connectivity index (χ0v) is 11.1. The molecular weight excluding hydrogens is 244 g/mol. The standard InChI is InChI=1S/C14H18N2O3/c1-9(10-5-3-4-6-12(10)17)16(2)14(19)11-7-8-13(18)15-11/h3-6,9,11,17H,7-8H2,1-2H3,(H,15,18). The number of phenols is 1. The number of carbonyl (C=O) groups excluding carboxylic acids is 2. The first-order valence-corrected chi connectivity index (χ1v) is 6.34. The lowest BCUT2D eigenvalue weighted by atomic mass is 10.0. The van der Waals surface area contributed by atoms with Crippen LogP contribution < -0.4 is 5.32 Å². The lowest BCUT2D eigenvalue weighted by Crippen LogP contribution is -2.43. The molecule has 19 heavy (non-hydrogen) atoms. The van der Waals surface area contributed by atoms with Gasteiger partial charge in [-0.3, -0.25) is 9.59 Å².